The lowest BCUT2D eigenvalue weighted by Crippen LogP contribution is -2.12. The third-order valence-electron chi connectivity index (χ3n) is 2.31. The molecule has 0 amide bonds. The summed E-state index contributed by atoms with van der Waals surface area (Å²) in [5.41, 5.74) is 2.23. The standard InChI is InChI=1S/C12H15N3S/c1-15(2)12-5-6-13-9-11(12)14-8-10-4-3-7-16-10/h3-7,9,14H,8H2,1-2H3. The molecular formula is C12H15N3S. The van der Waals surface area contributed by atoms with Gasteiger partial charge in [0.15, 0.2) is 0 Å². The number of nitrogens with zero attached hydrogens (tertiary/aromatic N) is 2. The molecule has 1 N–H and O–H groups in total. The molecule has 0 unspecified atom stereocenters. The molecule has 4 heteroatoms. The molecule has 0 atom stereocenters. The predicted molar refractivity (Wildman–Crippen MR) is 70.2 cm³/mol. The highest BCUT2D eigenvalue weighted by Crippen LogP contribution is 2.23. The molecule has 0 aliphatic carbocycles. The number of hydrogen-bond donors (Lipinski definition) is 1. The molecule has 0 bridgehead atoms. The van der Waals surface area contributed by atoms with Crippen molar-refractivity contribution in [1.29, 1.82) is 0 Å². The number of thiophene rings is 1. The highest BCUT2D eigenvalue weighted by molar-refractivity contribution is 7.09. The van der Waals surface area contributed by atoms with Crippen LogP contribution >= 0.6 is 11.3 Å². The van der Waals surface area contributed by atoms with Crippen LogP contribution in [0.5, 0.6) is 0 Å². The van der Waals surface area contributed by atoms with Gasteiger partial charge in [-0.3, -0.25) is 4.98 Å². The molecule has 2 aromatic rings. The number of rotatable bonds is 4. The number of nitrogens with one attached hydrogen (secondary N) is 1. The van der Waals surface area contributed by atoms with Gasteiger partial charge in [0.25, 0.3) is 0 Å². The normalized spacial score (nSPS) is 10.1. The summed E-state index contributed by atoms with van der Waals surface area (Å²) in [5.74, 6) is 0. The fourth-order valence-corrected chi connectivity index (χ4v) is 2.15. The van der Waals surface area contributed by atoms with Crippen LogP contribution in [-0.4, -0.2) is 19.1 Å². The number of hydrogen-bond acceptors (Lipinski definition) is 4. The van der Waals surface area contributed by atoms with Crippen LogP contribution in [0.1, 0.15) is 4.88 Å². The fraction of sp³-hybridized carbons (Fsp3) is 0.250. The zero-order chi connectivity index (χ0) is 11.4. The monoisotopic (exact) mass is 233 g/mol. The molecule has 2 heterocycles. The topological polar surface area (TPSA) is 28.2 Å². The van der Waals surface area contributed by atoms with Gasteiger partial charge in [0.1, 0.15) is 0 Å². The first-order valence-corrected chi connectivity index (χ1v) is 6.03. The van der Waals surface area contributed by atoms with Gasteiger partial charge in [-0.1, -0.05) is 6.07 Å². The number of pyridine rings is 1. The molecule has 16 heavy (non-hydrogen) atoms. The van der Waals surface area contributed by atoms with Crippen LogP contribution in [0.4, 0.5) is 11.4 Å². The van der Waals surface area contributed by atoms with Crippen LogP contribution < -0.4 is 10.2 Å². The predicted octanol–water partition coefficient (Wildman–Crippen LogP) is 2.82. The van der Waals surface area contributed by atoms with E-state index in [4.69, 9.17) is 0 Å². The zero-order valence-corrected chi connectivity index (χ0v) is 10.3. The molecule has 2 aromatic heterocycles. The third-order valence-corrected chi connectivity index (χ3v) is 3.19. The number of anilines is 2. The Hall–Kier alpha value is -1.55. The first kappa shape index (κ1) is 11.0. The second-order valence-corrected chi connectivity index (χ2v) is 4.75. The van der Waals surface area contributed by atoms with E-state index < -0.39 is 0 Å². The smallest absolute Gasteiger partial charge is 0.0767 e. The van der Waals surface area contributed by atoms with Crippen molar-refractivity contribution in [3.8, 4) is 0 Å². The van der Waals surface area contributed by atoms with Gasteiger partial charge in [-0.15, -0.1) is 11.3 Å². The molecule has 0 saturated heterocycles. The Morgan fingerprint density at radius 3 is 2.94 bits per heavy atom. The van der Waals surface area contributed by atoms with Crippen molar-refractivity contribution in [2.24, 2.45) is 0 Å². The van der Waals surface area contributed by atoms with Gasteiger partial charge in [0.2, 0.25) is 0 Å². The van der Waals surface area contributed by atoms with E-state index in [0.29, 0.717) is 0 Å². The fourth-order valence-electron chi connectivity index (χ4n) is 1.51. The van der Waals surface area contributed by atoms with Gasteiger partial charge in [-0.2, -0.15) is 0 Å². The summed E-state index contributed by atoms with van der Waals surface area (Å²) in [5, 5.41) is 5.49. The first-order chi connectivity index (χ1) is 7.77. The largest absolute Gasteiger partial charge is 0.377 e. The van der Waals surface area contributed by atoms with Gasteiger partial charge in [0, 0.05) is 31.7 Å². The molecule has 0 saturated carbocycles. The van der Waals surface area contributed by atoms with Crippen LogP contribution in [0.2, 0.25) is 0 Å². The summed E-state index contributed by atoms with van der Waals surface area (Å²) in [6, 6.07) is 6.21. The Labute approximate surface area is 99.8 Å². The van der Waals surface area contributed by atoms with Crippen LogP contribution in [0.15, 0.2) is 36.0 Å². The van der Waals surface area contributed by atoms with Crippen LogP contribution in [0, 0.1) is 0 Å². The Balaban J connectivity index is 2.09. The van der Waals surface area contributed by atoms with Crippen molar-refractivity contribution in [3.63, 3.8) is 0 Å². The Bertz CT molecular complexity index is 437. The molecule has 0 fully saturated rings. The SMILES string of the molecule is CN(C)c1ccncc1NCc1cccs1. The second kappa shape index (κ2) is 4.99. The maximum absolute atomic E-state index is 4.14. The Kier molecular flexibility index (Phi) is 3.41. The molecule has 0 aromatic carbocycles. The lowest BCUT2D eigenvalue weighted by atomic mass is 10.3. The summed E-state index contributed by atoms with van der Waals surface area (Å²) in [6.45, 7) is 0.851. The lowest BCUT2D eigenvalue weighted by molar-refractivity contribution is 1.10. The first-order valence-electron chi connectivity index (χ1n) is 5.15. The third kappa shape index (κ3) is 2.52. The van der Waals surface area contributed by atoms with E-state index >= 15 is 0 Å². The van der Waals surface area contributed by atoms with E-state index in [9.17, 15) is 0 Å². The Morgan fingerprint density at radius 1 is 1.38 bits per heavy atom. The lowest BCUT2D eigenvalue weighted by Gasteiger charge is -2.17. The van der Waals surface area contributed by atoms with E-state index in [0.717, 1.165) is 17.9 Å². The van der Waals surface area contributed by atoms with E-state index in [2.05, 4.69) is 32.7 Å². The van der Waals surface area contributed by atoms with Crippen LogP contribution in [-0.2, 0) is 6.54 Å². The van der Waals surface area contributed by atoms with Crippen LogP contribution in [0.3, 0.4) is 0 Å². The van der Waals surface area contributed by atoms with E-state index in [-0.39, 0.29) is 0 Å². The van der Waals surface area contributed by atoms with Gasteiger partial charge in [-0.25, -0.2) is 0 Å². The average Bonchev–Trinajstić information content (AvgIpc) is 2.79. The summed E-state index contributed by atoms with van der Waals surface area (Å²) in [7, 11) is 4.07. The highest BCUT2D eigenvalue weighted by atomic mass is 32.1. The van der Waals surface area contributed by atoms with Gasteiger partial charge in [-0.05, 0) is 17.5 Å². The zero-order valence-electron chi connectivity index (χ0n) is 9.47. The average molecular weight is 233 g/mol. The highest BCUT2D eigenvalue weighted by Gasteiger charge is 2.03. The van der Waals surface area contributed by atoms with Gasteiger partial charge in [0.05, 0.1) is 17.6 Å². The summed E-state index contributed by atoms with van der Waals surface area (Å²) < 4.78 is 0. The van der Waals surface area contributed by atoms with Gasteiger partial charge < -0.3 is 10.2 Å². The molecule has 0 aliphatic rings. The molecule has 84 valence electrons. The van der Waals surface area contributed by atoms with Crippen molar-refractivity contribution in [3.05, 3.63) is 40.8 Å². The molecule has 3 nitrogen and oxygen atoms in total. The maximum atomic E-state index is 4.14. The molecular weight excluding hydrogens is 218 g/mol. The van der Waals surface area contributed by atoms with E-state index in [1.54, 1.807) is 11.3 Å². The van der Waals surface area contributed by atoms with Crippen molar-refractivity contribution < 1.29 is 0 Å². The van der Waals surface area contributed by atoms with Crippen LogP contribution in [0.25, 0.3) is 0 Å². The van der Waals surface area contributed by atoms with Crippen molar-refractivity contribution in [2.75, 3.05) is 24.3 Å². The molecule has 0 radical (unpaired) electrons. The summed E-state index contributed by atoms with van der Waals surface area (Å²) in [6.07, 6.45) is 3.68. The minimum absolute atomic E-state index is 0.851. The van der Waals surface area contributed by atoms with Crippen molar-refractivity contribution >= 4 is 22.7 Å². The minimum Gasteiger partial charge on any atom is -0.377 e. The summed E-state index contributed by atoms with van der Waals surface area (Å²) >= 11 is 1.76. The quantitative estimate of drug-likeness (QED) is 0.880. The molecule has 0 spiro atoms. The Morgan fingerprint density at radius 2 is 2.25 bits per heavy atom. The molecule has 2 rings (SSSR count). The maximum Gasteiger partial charge on any atom is 0.0767 e. The van der Waals surface area contributed by atoms with Crippen molar-refractivity contribution in [2.45, 2.75) is 6.54 Å². The minimum atomic E-state index is 0.851. The van der Waals surface area contributed by atoms with Crippen molar-refractivity contribution in [1.82, 2.24) is 4.98 Å². The summed E-state index contributed by atoms with van der Waals surface area (Å²) in [4.78, 5) is 7.55. The molecule has 0 aliphatic heterocycles. The number of aromatic nitrogens is 1. The van der Waals surface area contributed by atoms with E-state index in [1.165, 1.54) is 4.88 Å². The second-order valence-electron chi connectivity index (χ2n) is 3.72. The van der Waals surface area contributed by atoms with E-state index in [1.807, 2.05) is 32.6 Å². The van der Waals surface area contributed by atoms with Gasteiger partial charge >= 0.3 is 0 Å².